The maximum absolute atomic E-state index is 12.5. The number of nitrogens with one attached hydrogen (secondary N) is 2. The summed E-state index contributed by atoms with van der Waals surface area (Å²) >= 11 is 0. The zero-order valence-electron chi connectivity index (χ0n) is 15.2. The minimum absolute atomic E-state index is 0.0138. The highest BCUT2D eigenvalue weighted by molar-refractivity contribution is 7.92. The van der Waals surface area contributed by atoms with E-state index in [0.717, 1.165) is 12.7 Å². The van der Waals surface area contributed by atoms with E-state index in [4.69, 9.17) is 9.47 Å². The highest BCUT2D eigenvalue weighted by Gasteiger charge is 2.23. The molecule has 26 heavy (non-hydrogen) atoms. The average molecular weight is 388 g/mol. The van der Waals surface area contributed by atoms with Crippen LogP contribution in [0.4, 0.5) is 5.69 Å². The molecule has 10 heteroatoms. The predicted octanol–water partition coefficient (Wildman–Crippen LogP) is 1.45. The second kappa shape index (κ2) is 9.27. The number of carbonyl (C=O) groups excluding carboxylic acids is 1. The molecular weight excluding hydrogens is 364 g/mol. The number of aliphatic carboxylic acids is 1. The zero-order chi connectivity index (χ0) is 19.9. The molecule has 1 amide bonds. The lowest BCUT2D eigenvalue weighted by Crippen LogP contribution is -2.40. The van der Waals surface area contributed by atoms with E-state index in [2.05, 4.69) is 10.0 Å². The molecule has 9 nitrogen and oxygen atoms in total. The predicted molar refractivity (Wildman–Crippen MR) is 96.4 cm³/mol. The zero-order valence-corrected chi connectivity index (χ0v) is 16.0. The number of hydrogen-bond donors (Lipinski definition) is 3. The Balaban J connectivity index is 3.23. The number of carboxylic acids is 1. The van der Waals surface area contributed by atoms with E-state index in [1.54, 1.807) is 0 Å². The first kappa shape index (κ1) is 21.6. The Morgan fingerprint density at radius 2 is 1.88 bits per heavy atom. The van der Waals surface area contributed by atoms with Crippen LogP contribution in [-0.2, 0) is 14.8 Å². The first-order valence-corrected chi connectivity index (χ1v) is 9.79. The van der Waals surface area contributed by atoms with Crippen molar-refractivity contribution < 1.29 is 32.6 Å². The van der Waals surface area contributed by atoms with Gasteiger partial charge in [-0.1, -0.05) is 19.8 Å². The van der Waals surface area contributed by atoms with Crippen molar-refractivity contribution in [2.75, 3.05) is 25.2 Å². The first-order chi connectivity index (χ1) is 12.1. The van der Waals surface area contributed by atoms with Gasteiger partial charge in [0.1, 0.15) is 6.04 Å². The van der Waals surface area contributed by atoms with E-state index in [1.807, 2.05) is 6.92 Å². The molecular formula is C16H24N2O7S. The third-order valence-electron chi connectivity index (χ3n) is 3.49. The van der Waals surface area contributed by atoms with E-state index in [1.165, 1.54) is 26.4 Å². The van der Waals surface area contributed by atoms with Crippen molar-refractivity contribution in [1.29, 1.82) is 0 Å². The highest BCUT2D eigenvalue weighted by atomic mass is 32.2. The van der Waals surface area contributed by atoms with Crippen LogP contribution in [0.1, 0.15) is 36.5 Å². The molecule has 0 bridgehead atoms. The van der Waals surface area contributed by atoms with Gasteiger partial charge in [-0.05, 0) is 18.6 Å². The van der Waals surface area contributed by atoms with Gasteiger partial charge in [0.25, 0.3) is 5.91 Å². The second-order valence-corrected chi connectivity index (χ2v) is 7.39. The Morgan fingerprint density at radius 1 is 1.23 bits per heavy atom. The topological polar surface area (TPSA) is 131 Å². The van der Waals surface area contributed by atoms with E-state index >= 15 is 0 Å². The molecule has 1 unspecified atom stereocenters. The van der Waals surface area contributed by atoms with Crippen LogP contribution in [0.2, 0.25) is 0 Å². The Hall–Kier alpha value is -2.49. The van der Waals surface area contributed by atoms with Crippen molar-refractivity contribution in [1.82, 2.24) is 5.32 Å². The summed E-state index contributed by atoms with van der Waals surface area (Å²) in [5.74, 6) is -1.56. The maximum atomic E-state index is 12.5. The number of ether oxygens (including phenoxy) is 2. The van der Waals surface area contributed by atoms with Crippen LogP contribution in [0, 0.1) is 0 Å². The quantitative estimate of drug-likeness (QED) is 0.553. The SMILES string of the molecule is CCCCC(NC(=O)c1cc(NS(C)(=O)=O)c(OC)c(OC)c1)C(=O)O. The van der Waals surface area contributed by atoms with Crippen molar-refractivity contribution >= 4 is 27.6 Å². The number of unbranched alkanes of at least 4 members (excludes halogenated alkanes) is 1. The fourth-order valence-electron chi connectivity index (χ4n) is 2.28. The molecule has 0 aliphatic rings. The van der Waals surface area contributed by atoms with Crippen LogP contribution in [0.15, 0.2) is 12.1 Å². The van der Waals surface area contributed by atoms with E-state index in [-0.39, 0.29) is 22.7 Å². The van der Waals surface area contributed by atoms with Crippen LogP contribution in [0.25, 0.3) is 0 Å². The smallest absolute Gasteiger partial charge is 0.326 e. The molecule has 0 heterocycles. The van der Waals surface area contributed by atoms with Crippen LogP contribution in [0.3, 0.4) is 0 Å². The van der Waals surface area contributed by atoms with Gasteiger partial charge in [0.2, 0.25) is 10.0 Å². The fraction of sp³-hybridized carbons (Fsp3) is 0.500. The molecule has 1 rings (SSSR count). The summed E-state index contributed by atoms with van der Waals surface area (Å²) in [5.41, 5.74) is 0.0523. The molecule has 0 spiro atoms. The molecule has 1 aromatic carbocycles. The van der Waals surface area contributed by atoms with Gasteiger partial charge in [-0.25, -0.2) is 13.2 Å². The number of methoxy groups -OCH3 is 2. The molecule has 146 valence electrons. The lowest BCUT2D eigenvalue weighted by atomic mass is 10.1. The summed E-state index contributed by atoms with van der Waals surface area (Å²) in [6, 6.07) is 1.57. The highest BCUT2D eigenvalue weighted by Crippen LogP contribution is 2.37. The molecule has 0 fully saturated rings. The van der Waals surface area contributed by atoms with E-state index in [0.29, 0.717) is 12.8 Å². The number of amides is 1. The largest absolute Gasteiger partial charge is 0.493 e. The van der Waals surface area contributed by atoms with Crippen molar-refractivity contribution in [2.45, 2.75) is 32.2 Å². The molecule has 1 atom stereocenters. The van der Waals surface area contributed by atoms with Gasteiger partial charge in [0.15, 0.2) is 11.5 Å². The van der Waals surface area contributed by atoms with E-state index < -0.39 is 27.9 Å². The van der Waals surface area contributed by atoms with Crippen LogP contribution >= 0.6 is 0 Å². The third-order valence-corrected chi connectivity index (χ3v) is 4.08. The second-order valence-electron chi connectivity index (χ2n) is 5.64. The average Bonchev–Trinajstić information content (AvgIpc) is 2.55. The molecule has 0 aliphatic heterocycles. The Bertz CT molecular complexity index is 762. The minimum atomic E-state index is -3.64. The van der Waals surface area contributed by atoms with Gasteiger partial charge in [0.05, 0.1) is 26.2 Å². The Morgan fingerprint density at radius 3 is 2.35 bits per heavy atom. The molecule has 0 aliphatic carbocycles. The summed E-state index contributed by atoms with van der Waals surface area (Å²) in [4.78, 5) is 23.8. The summed E-state index contributed by atoms with van der Waals surface area (Å²) in [5, 5.41) is 11.7. The van der Waals surface area contributed by atoms with Crippen molar-refractivity contribution in [3.63, 3.8) is 0 Å². The molecule has 0 saturated carbocycles. The monoisotopic (exact) mass is 388 g/mol. The number of carboxylic acid groups (broad SMARTS) is 1. The number of rotatable bonds is 10. The maximum Gasteiger partial charge on any atom is 0.326 e. The van der Waals surface area contributed by atoms with E-state index in [9.17, 15) is 23.1 Å². The molecule has 1 aromatic rings. The summed E-state index contributed by atoms with van der Waals surface area (Å²) in [6.45, 7) is 1.91. The van der Waals surface area contributed by atoms with Gasteiger partial charge < -0.3 is 19.9 Å². The van der Waals surface area contributed by atoms with Crippen molar-refractivity contribution in [3.8, 4) is 11.5 Å². The molecule has 3 N–H and O–H groups in total. The Kier molecular flexibility index (Phi) is 7.69. The van der Waals surface area contributed by atoms with Gasteiger partial charge in [-0.15, -0.1) is 0 Å². The lowest BCUT2D eigenvalue weighted by molar-refractivity contribution is -0.139. The van der Waals surface area contributed by atoms with Gasteiger partial charge in [0, 0.05) is 5.56 Å². The van der Waals surface area contributed by atoms with Gasteiger partial charge >= 0.3 is 5.97 Å². The third kappa shape index (κ3) is 6.10. The number of carbonyl (C=O) groups is 2. The standard InChI is InChI=1S/C16H24N2O7S/c1-5-6-7-11(16(20)21)17-15(19)10-8-12(18-26(4,22)23)14(25-3)13(9-10)24-2/h8-9,11,18H,5-7H2,1-4H3,(H,17,19)(H,20,21). The van der Waals surface area contributed by atoms with Crippen molar-refractivity contribution in [2.24, 2.45) is 0 Å². The van der Waals surface area contributed by atoms with Crippen LogP contribution < -0.4 is 19.5 Å². The first-order valence-electron chi connectivity index (χ1n) is 7.90. The molecule has 0 radical (unpaired) electrons. The summed E-state index contributed by atoms with van der Waals surface area (Å²) in [7, 11) is -0.969. The van der Waals surface area contributed by atoms with Gasteiger partial charge in [-0.2, -0.15) is 0 Å². The van der Waals surface area contributed by atoms with Gasteiger partial charge in [-0.3, -0.25) is 9.52 Å². The molecule has 0 aromatic heterocycles. The van der Waals surface area contributed by atoms with Crippen molar-refractivity contribution in [3.05, 3.63) is 17.7 Å². The number of anilines is 1. The lowest BCUT2D eigenvalue weighted by Gasteiger charge is -2.17. The van der Waals surface area contributed by atoms with Crippen LogP contribution in [0.5, 0.6) is 11.5 Å². The fourth-order valence-corrected chi connectivity index (χ4v) is 2.83. The normalized spacial score (nSPS) is 12.2. The number of hydrogen-bond acceptors (Lipinski definition) is 6. The summed E-state index contributed by atoms with van der Waals surface area (Å²) in [6.07, 6.45) is 2.68. The summed E-state index contributed by atoms with van der Waals surface area (Å²) < 4.78 is 35.6. The number of sulfonamides is 1. The molecule has 0 saturated heterocycles. The van der Waals surface area contributed by atoms with Crippen LogP contribution in [-0.4, -0.2) is 51.9 Å². The Labute approximate surface area is 152 Å². The minimum Gasteiger partial charge on any atom is -0.493 e. The number of benzene rings is 1.